The maximum Gasteiger partial charge on any atom is 0.263 e. The van der Waals surface area contributed by atoms with Crippen molar-refractivity contribution in [2.24, 2.45) is 5.73 Å². The van der Waals surface area contributed by atoms with Crippen molar-refractivity contribution in [1.29, 1.82) is 0 Å². The summed E-state index contributed by atoms with van der Waals surface area (Å²) < 4.78 is 24.4. The van der Waals surface area contributed by atoms with E-state index in [-0.39, 0.29) is 17.1 Å². The molecular formula is C9H10ClF2NO. The van der Waals surface area contributed by atoms with Crippen LogP contribution in [0.1, 0.15) is 23.7 Å². The first-order valence-corrected chi connectivity index (χ1v) is 4.39. The third-order valence-electron chi connectivity index (χ3n) is 1.86. The molecule has 3 N–H and O–H groups in total. The SMILES string of the molecule is NCC(O)c1ccc(C(F)F)cc1Cl. The number of alkyl halides is 2. The van der Waals surface area contributed by atoms with Crippen molar-refractivity contribution >= 4 is 11.6 Å². The second-order valence-electron chi connectivity index (χ2n) is 2.83. The van der Waals surface area contributed by atoms with Gasteiger partial charge in [0.1, 0.15) is 0 Å². The number of hydrogen-bond acceptors (Lipinski definition) is 2. The zero-order valence-corrected chi connectivity index (χ0v) is 8.01. The van der Waals surface area contributed by atoms with E-state index in [1.54, 1.807) is 0 Å². The molecule has 1 rings (SSSR count). The van der Waals surface area contributed by atoms with E-state index in [2.05, 4.69) is 0 Å². The molecule has 1 atom stereocenters. The van der Waals surface area contributed by atoms with Gasteiger partial charge in [-0.25, -0.2) is 8.78 Å². The van der Waals surface area contributed by atoms with Crippen molar-refractivity contribution in [3.05, 3.63) is 34.3 Å². The van der Waals surface area contributed by atoms with Crippen molar-refractivity contribution in [1.82, 2.24) is 0 Å². The lowest BCUT2D eigenvalue weighted by Crippen LogP contribution is -2.12. The number of hydrogen-bond donors (Lipinski definition) is 2. The number of nitrogens with two attached hydrogens (primary N) is 1. The standard InChI is InChI=1S/C9H10ClF2NO/c10-7-3-5(9(11)12)1-2-6(7)8(14)4-13/h1-3,8-9,14H,4,13H2. The Hall–Kier alpha value is -0.710. The van der Waals surface area contributed by atoms with Crippen LogP contribution in [-0.2, 0) is 0 Å². The van der Waals surface area contributed by atoms with Crippen molar-refractivity contribution in [2.45, 2.75) is 12.5 Å². The summed E-state index contributed by atoms with van der Waals surface area (Å²) in [5.74, 6) is 0. The lowest BCUT2D eigenvalue weighted by atomic mass is 10.1. The van der Waals surface area contributed by atoms with Gasteiger partial charge in [0.25, 0.3) is 6.43 Å². The van der Waals surface area contributed by atoms with Crippen molar-refractivity contribution in [2.75, 3.05) is 6.54 Å². The van der Waals surface area contributed by atoms with Gasteiger partial charge in [0.2, 0.25) is 0 Å². The Balaban J connectivity index is 3.01. The maximum atomic E-state index is 12.2. The summed E-state index contributed by atoms with van der Waals surface area (Å²) in [6.45, 7) is 0.00768. The third-order valence-corrected chi connectivity index (χ3v) is 2.19. The van der Waals surface area contributed by atoms with Crippen LogP contribution in [0.15, 0.2) is 18.2 Å². The van der Waals surface area contributed by atoms with Gasteiger partial charge in [-0.15, -0.1) is 0 Å². The summed E-state index contributed by atoms with van der Waals surface area (Å²) in [5, 5.41) is 9.45. The Bertz CT molecular complexity index is 320. The minimum absolute atomic E-state index is 0.00768. The maximum absolute atomic E-state index is 12.2. The molecule has 0 spiro atoms. The Morgan fingerprint density at radius 2 is 2.07 bits per heavy atom. The van der Waals surface area contributed by atoms with Gasteiger partial charge in [-0.2, -0.15) is 0 Å². The summed E-state index contributed by atoms with van der Waals surface area (Å²) in [6.07, 6.45) is -3.47. The van der Waals surface area contributed by atoms with Crippen LogP contribution < -0.4 is 5.73 Å². The fourth-order valence-corrected chi connectivity index (χ4v) is 1.39. The van der Waals surface area contributed by atoms with E-state index in [1.165, 1.54) is 12.1 Å². The molecule has 1 aromatic carbocycles. The van der Waals surface area contributed by atoms with Crippen LogP contribution in [0.4, 0.5) is 8.78 Å². The van der Waals surface area contributed by atoms with E-state index < -0.39 is 12.5 Å². The van der Waals surface area contributed by atoms with Crippen LogP contribution in [0, 0.1) is 0 Å². The zero-order chi connectivity index (χ0) is 10.7. The Kier molecular flexibility index (Phi) is 3.80. The van der Waals surface area contributed by atoms with Gasteiger partial charge in [-0.1, -0.05) is 23.7 Å². The van der Waals surface area contributed by atoms with Gasteiger partial charge in [0, 0.05) is 22.7 Å². The predicted octanol–water partition coefficient (Wildman–Crippen LogP) is 2.27. The van der Waals surface area contributed by atoms with Gasteiger partial charge >= 0.3 is 0 Å². The van der Waals surface area contributed by atoms with E-state index in [0.29, 0.717) is 5.56 Å². The molecule has 0 aliphatic carbocycles. The molecule has 0 aliphatic heterocycles. The van der Waals surface area contributed by atoms with E-state index in [4.69, 9.17) is 17.3 Å². The number of aliphatic hydroxyl groups is 1. The molecule has 0 bridgehead atoms. The molecule has 0 fully saturated rings. The summed E-state index contributed by atoms with van der Waals surface area (Å²) in [4.78, 5) is 0. The van der Waals surface area contributed by atoms with Gasteiger partial charge in [-0.05, 0) is 6.07 Å². The number of benzene rings is 1. The lowest BCUT2D eigenvalue weighted by Gasteiger charge is -2.11. The van der Waals surface area contributed by atoms with Crippen LogP contribution in [0.2, 0.25) is 5.02 Å². The Labute approximate surface area is 85.3 Å². The number of halogens is 3. The molecule has 5 heteroatoms. The summed E-state index contributed by atoms with van der Waals surface area (Å²) in [6, 6.07) is 3.73. The van der Waals surface area contributed by atoms with Gasteiger partial charge in [0.05, 0.1) is 6.10 Å². The molecule has 1 aromatic rings. The fraction of sp³-hybridized carbons (Fsp3) is 0.333. The molecule has 0 radical (unpaired) electrons. The molecule has 0 saturated carbocycles. The van der Waals surface area contributed by atoms with E-state index in [1.807, 2.05) is 0 Å². The smallest absolute Gasteiger partial charge is 0.263 e. The average molecular weight is 222 g/mol. The zero-order valence-electron chi connectivity index (χ0n) is 7.25. The van der Waals surface area contributed by atoms with Crippen LogP contribution in [0.25, 0.3) is 0 Å². The quantitative estimate of drug-likeness (QED) is 0.823. The average Bonchev–Trinajstić information content (AvgIpc) is 2.16. The third kappa shape index (κ3) is 2.41. The molecule has 1 unspecified atom stereocenters. The van der Waals surface area contributed by atoms with Crippen molar-refractivity contribution in [3.8, 4) is 0 Å². The normalized spacial score (nSPS) is 13.3. The Morgan fingerprint density at radius 1 is 1.43 bits per heavy atom. The first-order chi connectivity index (χ1) is 6.56. The second-order valence-corrected chi connectivity index (χ2v) is 3.24. The van der Waals surface area contributed by atoms with Crippen molar-refractivity contribution in [3.63, 3.8) is 0 Å². The van der Waals surface area contributed by atoms with Crippen LogP contribution in [0.3, 0.4) is 0 Å². The summed E-state index contributed by atoms with van der Waals surface area (Å²) in [7, 11) is 0. The van der Waals surface area contributed by atoms with Crippen molar-refractivity contribution < 1.29 is 13.9 Å². The highest BCUT2D eigenvalue weighted by molar-refractivity contribution is 6.31. The van der Waals surface area contributed by atoms with Crippen LogP contribution in [-0.4, -0.2) is 11.7 Å². The molecule has 0 saturated heterocycles. The molecule has 14 heavy (non-hydrogen) atoms. The van der Waals surface area contributed by atoms with E-state index >= 15 is 0 Å². The first kappa shape index (κ1) is 11.4. The van der Waals surface area contributed by atoms with Crippen LogP contribution >= 0.6 is 11.6 Å². The van der Waals surface area contributed by atoms with Gasteiger partial charge < -0.3 is 10.8 Å². The summed E-state index contributed by atoms with van der Waals surface area (Å²) >= 11 is 5.70. The van der Waals surface area contributed by atoms with Gasteiger partial charge in [0.15, 0.2) is 0 Å². The minimum atomic E-state index is -2.56. The van der Waals surface area contributed by atoms with E-state index in [0.717, 1.165) is 6.07 Å². The molecular weight excluding hydrogens is 212 g/mol. The predicted molar refractivity (Wildman–Crippen MR) is 50.4 cm³/mol. The topological polar surface area (TPSA) is 46.2 Å². The fourth-order valence-electron chi connectivity index (χ4n) is 1.08. The first-order valence-electron chi connectivity index (χ1n) is 4.02. The van der Waals surface area contributed by atoms with Gasteiger partial charge in [-0.3, -0.25) is 0 Å². The molecule has 0 aromatic heterocycles. The molecule has 78 valence electrons. The molecule has 0 aliphatic rings. The Morgan fingerprint density at radius 3 is 2.50 bits per heavy atom. The van der Waals surface area contributed by atoms with E-state index in [9.17, 15) is 13.9 Å². The summed E-state index contributed by atoms with van der Waals surface area (Å²) in [5.41, 5.74) is 5.42. The number of aliphatic hydroxyl groups excluding tert-OH is 1. The highest BCUT2D eigenvalue weighted by Crippen LogP contribution is 2.28. The molecule has 0 heterocycles. The highest BCUT2D eigenvalue weighted by atomic mass is 35.5. The molecule has 2 nitrogen and oxygen atoms in total. The number of rotatable bonds is 3. The largest absolute Gasteiger partial charge is 0.387 e. The lowest BCUT2D eigenvalue weighted by molar-refractivity contribution is 0.151. The molecule has 0 amide bonds. The highest BCUT2D eigenvalue weighted by Gasteiger charge is 2.13. The second kappa shape index (κ2) is 4.68. The van der Waals surface area contributed by atoms with Crippen LogP contribution in [0.5, 0.6) is 0 Å². The minimum Gasteiger partial charge on any atom is -0.387 e. The monoisotopic (exact) mass is 221 g/mol.